The number of carbonyl (C=O) groups is 1. The predicted octanol–water partition coefficient (Wildman–Crippen LogP) is 2.72. The van der Waals surface area contributed by atoms with E-state index in [-0.39, 0.29) is 17.3 Å². The molecule has 0 radical (unpaired) electrons. The highest BCUT2D eigenvalue weighted by Crippen LogP contribution is 2.34. The fraction of sp³-hybridized carbons (Fsp3) is 0.200. The quantitative estimate of drug-likeness (QED) is 0.854. The van der Waals surface area contributed by atoms with Crippen molar-refractivity contribution in [1.29, 1.82) is 0 Å². The number of pyridine rings is 1. The van der Waals surface area contributed by atoms with E-state index in [0.29, 0.717) is 5.69 Å². The van der Waals surface area contributed by atoms with Crippen LogP contribution >= 0.6 is 11.6 Å². The summed E-state index contributed by atoms with van der Waals surface area (Å²) >= 11 is 6.34. The van der Waals surface area contributed by atoms with Crippen LogP contribution in [-0.4, -0.2) is 16.3 Å². The first-order valence-corrected chi connectivity index (χ1v) is 6.63. The number of halogens is 1. The van der Waals surface area contributed by atoms with Gasteiger partial charge in [-0.3, -0.25) is 9.78 Å². The van der Waals surface area contributed by atoms with E-state index in [0.717, 1.165) is 12.0 Å². The number of nitrogens with zero attached hydrogens (tertiary/aromatic N) is 1. The van der Waals surface area contributed by atoms with Gasteiger partial charge >= 0.3 is 0 Å². The van der Waals surface area contributed by atoms with Crippen LogP contribution in [0.25, 0.3) is 0 Å². The van der Waals surface area contributed by atoms with Crippen LogP contribution in [-0.2, 0) is 6.42 Å². The van der Waals surface area contributed by atoms with Gasteiger partial charge in [0, 0.05) is 6.20 Å². The van der Waals surface area contributed by atoms with Gasteiger partial charge in [0.15, 0.2) is 0 Å². The van der Waals surface area contributed by atoms with Crippen molar-refractivity contribution in [3.63, 3.8) is 0 Å². The van der Waals surface area contributed by atoms with Crippen molar-refractivity contribution in [2.45, 2.75) is 17.8 Å². The summed E-state index contributed by atoms with van der Waals surface area (Å²) in [6, 6.07) is 13.2. The minimum absolute atomic E-state index is 0.106. The van der Waals surface area contributed by atoms with Gasteiger partial charge in [0.05, 0.1) is 11.4 Å². The predicted molar refractivity (Wildman–Crippen MR) is 74.2 cm³/mol. The molecule has 96 valence electrons. The summed E-state index contributed by atoms with van der Waals surface area (Å²) in [7, 11) is 0. The maximum absolute atomic E-state index is 12.1. The van der Waals surface area contributed by atoms with Crippen molar-refractivity contribution in [1.82, 2.24) is 10.3 Å². The Kier molecular flexibility index (Phi) is 3.22. The van der Waals surface area contributed by atoms with E-state index in [1.807, 2.05) is 18.2 Å². The van der Waals surface area contributed by atoms with E-state index < -0.39 is 0 Å². The number of nitrogens with one attached hydrogen (secondary N) is 1. The number of hydrogen-bond donors (Lipinski definition) is 1. The van der Waals surface area contributed by atoms with Crippen molar-refractivity contribution in [3.8, 4) is 0 Å². The maximum Gasteiger partial charge on any atom is 0.270 e. The molecule has 19 heavy (non-hydrogen) atoms. The lowest BCUT2D eigenvalue weighted by atomic mass is 10.1. The highest BCUT2D eigenvalue weighted by Gasteiger charge is 2.32. The molecule has 1 aromatic carbocycles. The SMILES string of the molecule is O=C(NC1c2ccccc2CC1Cl)c1ccccn1. The van der Waals surface area contributed by atoms with Crippen LogP contribution in [0, 0.1) is 0 Å². The van der Waals surface area contributed by atoms with Gasteiger partial charge in [-0.1, -0.05) is 30.3 Å². The third-order valence-corrected chi connectivity index (χ3v) is 3.76. The zero-order valence-corrected chi connectivity index (χ0v) is 11.0. The number of benzene rings is 1. The number of carbonyl (C=O) groups excluding carboxylic acids is 1. The molecule has 2 aromatic rings. The van der Waals surface area contributed by atoms with Crippen LogP contribution in [0.4, 0.5) is 0 Å². The fourth-order valence-electron chi connectivity index (χ4n) is 2.43. The Morgan fingerprint density at radius 3 is 2.79 bits per heavy atom. The molecule has 1 aliphatic carbocycles. The Balaban J connectivity index is 1.82. The second-order valence-corrected chi connectivity index (χ2v) is 5.15. The Morgan fingerprint density at radius 1 is 1.21 bits per heavy atom. The summed E-state index contributed by atoms with van der Waals surface area (Å²) in [5.41, 5.74) is 2.72. The lowest BCUT2D eigenvalue weighted by Gasteiger charge is -2.17. The van der Waals surface area contributed by atoms with E-state index in [2.05, 4.69) is 16.4 Å². The van der Waals surface area contributed by atoms with Gasteiger partial charge < -0.3 is 5.32 Å². The van der Waals surface area contributed by atoms with E-state index in [1.165, 1.54) is 5.56 Å². The van der Waals surface area contributed by atoms with Gasteiger partial charge in [-0.2, -0.15) is 0 Å². The molecule has 0 bridgehead atoms. The molecule has 0 saturated carbocycles. The number of fused-ring (bicyclic) bond motifs is 1. The van der Waals surface area contributed by atoms with Crippen molar-refractivity contribution >= 4 is 17.5 Å². The lowest BCUT2D eigenvalue weighted by Crippen LogP contribution is -2.32. The van der Waals surface area contributed by atoms with Gasteiger partial charge in [-0.05, 0) is 29.7 Å². The zero-order chi connectivity index (χ0) is 13.2. The number of aromatic nitrogens is 1. The standard InChI is InChI=1S/C15H13ClN2O/c16-12-9-10-5-1-2-6-11(10)14(12)18-15(19)13-7-3-4-8-17-13/h1-8,12,14H,9H2,(H,18,19). The van der Waals surface area contributed by atoms with Crippen LogP contribution in [0.2, 0.25) is 0 Å². The molecule has 2 atom stereocenters. The molecule has 2 unspecified atom stereocenters. The molecule has 1 heterocycles. The second kappa shape index (κ2) is 5.02. The number of hydrogen-bond acceptors (Lipinski definition) is 2. The first-order valence-electron chi connectivity index (χ1n) is 6.19. The summed E-state index contributed by atoms with van der Waals surface area (Å²) in [6.07, 6.45) is 2.39. The van der Waals surface area contributed by atoms with Crippen LogP contribution in [0.3, 0.4) is 0 Å². The first-order chi connectivity index (χ1) is 9.25. The number of alkyl halides is 1. The van der Waals surface area contributed by atoms with Gasteiger partial charge in [-0.15, -0.1) is 11.6 Å². The average molecular weight is 273 g/mol. The molecule has 1 amide bonds. The summed E-state index contributed by atoms with van der Waals surface area (Å²) in [5, 5.41) is 2.86. The van der Waals surface area contributed by atoms with Gasteiger partial charge in [0.2, 0.25) is 0 Å². The minimum atomic E-state index is -0.187. The third kappa shape index (κ3) is 2.34. The molecule has 0 saturated heterocycles. The highest BCUT2D eigenvalue weighted by molar-refractivity contribution is 6.21. The van der Waals surface area contributed by atoms with Gasteiger partial charge in [-0.25, -0.2) is 0 Å². The summed E-state index contributed by atoms with van der Waals surface area (Å²) in [6.45, 7) is 0. The topological polar surface area (TPSA) is 42.0 Å². The normalized spacial score (nSPS) is 20.9. The maximum atomic E-state index is 12.1. The highest BCUT2D eigenvalue weighted by atomic mass is 35.5. The summed E-state index contributed by atoms with van der Waals surface area (Å²) in [5.74, 6) is -0.187. The Bertz CT molecular complexity index is 600. The van der Waals surface area contributed by atoms with E-state index in [4.69, 9.17) is 11.6 Å². The third-order valence-electron chi connectivity index (χ3n) is 3.35. The monoisotopic (exact) mass is 272 g/mol. The molecule has 0 aliphatic heterocycles. The molecule has 4 heteroatoms. The van der Waals surface area contributed by atoms with Gasteiger partial charge in [0.25, 0.3) is 5.91 Å². The van der Waals surface area contributed by atoms with Gasteiger partial charge in [0.1, 0.15) is 5.69 Å². The number of amides is 1. The van der Waals surface area contributed by atoms with E-state index >= 15 is 0 Å². The Labute approximate surface area is 116 Å². The van der Waals surface area contributed by atoms with Crippen molar-refractivity contribution in [3.05, 3.63) is 65.5 Å². The Morgan fingerprint density at radius 2 is 2.00 bits per heavy atom. The van der Waals surface area contributed by atoms with Crippen LogP contribution in [0.1, 0.15) is 27.7 Å². The fourth-order valence-corrected chi connectivity index (χ4v) is 2.79. The first kappa shape index (κ1) is 12.2. The smallest absolute Gasteiger partial charge is 0.270 e. The molecule has 3 nitrogen and oxygen atoms in total. The van der Waals surface area contributed by atoms with Crippen molar-refractivity contribution in [2.75, 3.05) is 0 Å². The minimum Gasteiger partial charge on any atom is -0.342 e. The molecular formula is C15H13ClN2O. The number of rotatable bonds is 2. The largest absolute Gasteiger partial charge is 0.342 e. The molecule has 3 rings (SSSR count). The van der Waals surface area contributed by atoms with Crippen molar-refractivity contribution < 1.29 is 4.79 Å². The summed E-state index contributed by atoms with van der Waals surface area (Å²) < 4.78 is 0. The van der Waals surface area contributed by atoms with Crippen molar-refractivity contribution in [2.24, 2.45) is 0 Å². The Hall–Kier alpha value is -1.87. The van der Waals surface area contributed by atoms with E-state index in [9.17, 15) is 4.79 Å². The molecule has 1 aliphatic rings. The van der Waals surface area contributed by atoms with Crippen LogP contribution in [0.15, 0.2) is 48.7 Å². The molecule has 0 fully saturated rings. The average Bonchev–Trinajstić information content (AvgIpc) is 2.76. The van der Waals surface area contributed by atoms with Crippen LogP contribution in [0.5, 0.6) is 0 Å². The molecular weight excluding hydrogens is 260 g/mol. The zero-order valence-electron chi connectivity index (χ0n) is 10.2. The van der Waals surface area contributed by atoms with E-state index in [1.54, 1.807) is 24.4 Å². The molecule has 0 spiro atoms. The second-order valence-electron chi connectivity index (χ2n) is 4.59. The van der Waals surface area contributed by atoms with Crippen LogP contribution < -0.4 is 5.32 Å². The lowest BCUT2D eigenvalue weighted by molar-refractivity contribution is 0.0932. The molecule has 1 N–H and O–H groups in total. The summed E-state index contributed by atoms with van der Waals surface area (Å²) in [4.78, 5) is 16.2. The molecule has 1 aromatic heterocycles.